The Labute approximate surface area is 191 Å². The summed E-state index contributed by atoms with van der Waals surface area (Å²) in [5.74, 6) is -0.238. The van der Waals surface area contributed by atoms with E-state index in [1.54, 1.807) is 12.1 Å². The van der Waals surface area contributed by atoms with Gasteiger partial charge < -0.3 is 4.98 Å². The van der Waals surface area contributed by atoms with Gasteiger partial charge in [-0.1, -0.05) is 24.3 Å². The van der Waals surface area contributed by atoms with Crippen LogP contribution in [-0.4, -0.2) is 38.2 Å². The zero-order chi connectivity index (χ0) is 22.2. The molecule has 0 unspecified atom stereocenters. The molecule has 4 heterocycles. The van der Waals surface area contributed by atoms with Gasteiger partial charge in [0.25, 0.3) is 0 Å². The van der Waals surface area contributed by atoms with Gasteiger partial charge in [0, 0.05) is 35.4 Å². The molecule has 33 heavy (non-hydrogen) atoms. The van der Waals surface area contributed by atoms with Gasteiger partial charge in [-0.15, -0.1) is 0 Å². The Balaban J connectivity index is 1.32. The summed E-state index contributed by atoms with van der Waals surface area (Å²) in [6.45, 7) is 3.26. The Bertz CT molecular complexity index is 1430. The van der Waals surface area contributed by atoms with Gasteiger partial charge in [0.1, 0.15) is 11.5 Å². The van der Waals surface area contributed by atoms with Crippen LogP contribution >= 0.6 is 0 Å². The molecule has 1 aliphatic rings. The second-order valence-corrected chi connectivity index (χ2v) is 8.69. The number of aromatic nitrogens is 4. The molecule has 0 saturated carbocycles. The lowest BCUT2D eigenvalue weighted by molar-refractivity contribution is 0.331. The lowest BCUT2D eigenvalue weighted by Gasteiger charge is -2.14. The molecule has 6 heteroatoms. The summed E-state index contributed by atoms with van der Waals surface area (Å²) < 4.78 is 13.8. The normalized spacial score (nSPS) is 14.3. The number of pyridine rings is 1. The molecule has 0 spiro atoms. The van der Waals surface area contributed by atoms with Gasteiger partial charge in [0.15, 0.2) is 0 Å². The van der Waals surface area contributed by atoms with Gasteiger partial charge >= 0.3 is 0 Å². The first kappa shape index (κ1) is 19.9. The molecular weight excluding hydrogens is 413 g/mol. The van der Waals surface area contributed by atoms with Gasteiger partial charge in [-0.25, -0.2) is 4.39 Å². The van der Waals surface area contributed by atoms with Crippen molar-refractivity contribution in [2.75, 3.05) is 13.1 Å². The third-order valence-corrected chi connectivity index (χ3v) is 6.36. The molecule has 0 amide bonds. The maximum absolute atomic E-state index is 13.8. The molecule has 6 rings (SSSR count). The molecule has 2 aromatic carbocycles. The van der Waals surface area contributed by atoms with Crippen LogP contribution in [0.15, 0.2) is 73.1 Å². The highest BCUT2D eigenvalue weighted by Crippen LogP contribution is 2.33. The molecule has 0 aliphatic carbocycles. The zero-order valence-electron chi connectivity index (χ0n) is 18.2. The smallest absolute Gasteiger partial charge is 0.123 e. The van der Waals surface area contributed by atoms with Crippen LogP contribution in [-0.2, 0) is 6.54 Å². The van der Waals surface area contributed by atoms with Crippen LogP contribution in [0.4, 0.5) is 4.39 Å². The molecule has 164 valence electrons. The number of hydrogen-bond donors (Lipinski definition) is 2. The van der Waals surface area contributed by atoms with E-state index in [9.17, 15) is 4.39 Å². The number of hydrogen-bond acceptors (Lipinski definition) is 3. The van der Waals surface area contributed by atoms with Crippen molar-refractivity contribution in [2.24, 2.45) is 0 Å². The molecule has 1 fully saturated rings. The fourth-order valence-corrected chi connectivity index (χ4v) is 4.73. The van der Waals surface area contributed by atoms with E-state index < -0.39 is 0 Å². The van der Waals surface area contributed by atoms with E-state index in [0.29, 0.717) is 0 Å². The van der Waals surface area contributed by atoms with E-state index in [4.69, 9.17) is 0 Å². The molecule has 2 N–H and O–H groups in total. The van der Waals surface area contributed by atoms with Crippen LogP contribution in [0.5, 0.6) is 0 Å². The van der Waals surface area contributed by atoms with Gasteiger partial charge in [0.2, 0.25) is 0 Å². The van der Waals surface area contributed by atoms with Crippen molar-refractivity contribution in [3.63, 3.8) is 0 Å². The first-order valence-corrected chi connectivity index (χ1v) is 11.3. The van der Waals surface area contributed by atoms with E-state index in [2.05, 4.69) is 37.2 Å². The van der Waals surface area contributed by atoms with Gasteiger partial charge in [-0.05, 0) is 79.0 Å². The average Bonchev–Trinajstić information content (AvgIpc) is 3.59. The Kier molecular flexibility index (Phi) is 5.00. The fraction of sp³-hybridized carbons (Fsp3) is 0.185. The zero-order valence-corrected chi connectivity index (χ0v) is 18.2. The molecule has 0 radical (unpaired) electrons. The third-order valence-electron chi connectivity index (χ3n) is 6.36. The second kappa shape index (κ2) is 8.30. The highest BCUT2D eigenvalue weighted by atomic mass is 19.1. The predicted molar refractivity (Wildman–Crippen MR) is 129 cm³/mol. The summed E-state index contributed by atoms with van der Waals surface area (Å²) in [5.41, 5.74) is 7.76. The van der Waals surface area contributed by atoms with Crippen molar-refractivity contribution < 1.29 is 4.39 Å². The summed E-state index contributed by atoms with van der Waals surface area (Å²) in [6.07, 6.45) is 6.38. The lowest BCUT2D eigenvalue weighted by Crippen LogP contribution is -2.18. The average molecular weight is 438 g/mol. The number of H-pyrrole nitrogens is 2. The van der Waals surface area contributed by atoms with E-state index in [-0.39, 0.29) is 5.82 Å². The minimum atomic E-state index is -0.238. The van der Waals surface area contributed by atoms with E-state index >= 15 is 0 Å². The SMILES string of the molecule is Fc1cccc(-c2cccc3[nH]c(-c4cc(-c5cncc(CN6CCCC6)c5)[nH]n4)cc23)c1. The lowest BCUT2D eigenvalue weighted by atomic mass is 10.0. The summed E-state index contributed by atoms with van der Waals surface area (Å²) in [6, 6.07) is 19.0. The number of rotatable bonds is 5. The number of aromatic amines is 2. The first-order valence-electron chi connectivity index (χ1n) is 11.3. The quantitative estimate of drug-likeness (QED) is 0.353. The topological polar surface area (TPSA) is 60.6 Å². The number of nitrogens with one attached hydrogen (secondary N) is 2. The Morgan fingerprint density at radius 3 is 2.64 bits per heavy atom. The molecule has 5 aromatic rings. The predicted octanol–water partition coefficient (Wildman–Crippen LogP) is 6.02. The summed E-state index contributed by atoms with van der Waals surface area (Å²) >= 11 is 0. The maximum atomic E-state index is 13.8. The molecule has 1 aliphatic heterocycles. The highest BCUT2D eigenvalue weighted by molar-refractivity contribution is 5.98. The number of nitrogens with zero attached hydrogens (tertiary/aromatic N) is 3. The Hall–Kier alpha value is -3.77. The van der Waals surface area contributed by atoms with Gasteiger partial charge in [0.05, 0.1) is 11.4 Å². The molecule has 0 bridgehead atoms. The van der Waals surface area contributed by atoms with Crippen LogP contribution in [0, 0.1) is 5.82 Å². The Morgan fingerprint density at radius 1 is 0.879 bits per heavy atom. The van der Waals surface area contributed by atoms with Crippen molar-refractivity contribution >= 4 is 10.9 Å². The Morgan fingerprint density at radius 2 is 1.76 bits per heavy atom. The summed E-state index contributed by atoms with van der Waals surface area (Å²) in [4.78, 5) is 10.4. The monoisotopic (exact) mass is 437 g/mol. The van der Waals surface area contributed by atoms with E-state index in [0.717, 1.165) is 64.3 Å². The van der Waals surface area contributed by atoms with Crippen molar-refractivity contribution in [3.05, 3.63) is 84.4 Å². The van der Waals surface area contributed by atoms with Crippen LogP contribution in [0.25, 0.3) is 44.7 Å². The fourth-order valence-electron chi connectivity index (χ4n) is 4.73. The summed E-state index contributed by atoms with van der Waals surface area (Å²) in [7, 11) is 0. The highest BCUT2D eigenvalue weighted by Gasteiger charge is 2.14. The number of likely N-dealkylation sites (tertiary alicyclic amines) is 1. The van der Waals surface area contributed by atoms with Crippen LogP contribution in [0.2, 0.25) is 0 Å². The standard InChI is InChI=1S/C27H24FN5/c28-21-6-3-5-19(12-21)22-7-4-8-24-23(22)13-26(30-24)27-14-25(31-32-27)20-11-18(15-29-16-20)17-33-9-1-2-10-33/h3-8,11-16,30H,1-2,9-10,17H2,(H,31,32). The van der Waals surface area contributed by atoms with Crippen molar-refractivity contribution in [2.45, 2.75) is 19.4 Å². The molecule has 3 aromatic heterocycles. The minimum Gasteiger partial charge on any atom is -0.353 e. The van der Waals surface area contributed by atoms with Crippen molar-refractivity contribution in [3.8, 4) is 33.8 Å². The number of halogens is 1. The number of fused-ring (bicyclic) bond motifs is 1. The third kappa shape index (κ3) is 3.94. The van der Waals surface area contributed by atoms with Gasteiger partial charge in [-0.3, -0.25) is 15.0 Å². The second-order valence-electron chi connectivity index (χ2n) is 8.69. The maximum Gasteiger partial charge on any atom is 0.123 e. The molecular formula is C27H24FN5. The summed E-state index contributed by atoms with van der Waals surface area (Å²) in [5, 5.41) is 8.76. The van der Waals surface area contributed by atoms with Crippen LogP contribution in [0.3, 0.4) is 0 Å². The van der Waals surface area contributed by atoms with Crippen molar-refractivity contribution in [1.82, 2.24) is 25.1 Å². The number of benzene rings is 2. The largest absolute Gasteiger partial charge is 0.353 e. The molecule has 5 nitrogen and oxygen atoms in total. The van der Waals surface area contributed by atoms with E-state index in [1.807, 2.05) is 42.7 Å². The van der Waals surface area contributed by atoms with Crippen molar-refractivity contribution in [1.29, 1.82) is 0 Å². The molecule has 1 saturated heterocycles. The minimum absolute atomic E-state index is 0.238. The van der Waals surface area contributed by atoms with Gasteiger partial charge in [-0.2, -0.15) is 5.10 Å². The first-order chi connectivity index (χ1) is 16.2. The van der Waals surface area contributed by atoms with Crippen LogP contribution in [0.1, 0.15) is 18.4 Å². The van der Waals surface area contributed by atoms with Crippen LogP contribution < -0.4 is 0 Å². The van der Waals surface area contributed by atoms with E-state index in [1.165, 1.54) is 24.5 Å². The molecule has 0 atom stereocenters.